The van der Waals surface area contributed by atoms with Gasteiger partial charge in [0.15, 0.2) is 0 Å². The average Bonchev–Trinajstić information content (AvgIpc) is 3.03. The number of rotatable bonds is 12. The van der Waals surface area contributed by atoms with Gasteiger partial charge < -0.3 is 14.8 Å². The number of carboxylic acids is 1. The van der Waals surface area contributed by atoms with Gasteiger partial charge in [-0.3, -0.25) is 4.99 Å². The van der Waals surface area contributed by atoms with Crippen molar-refractivity contribution in [3.63, 3.8) is 0 Å². The summed E-state index contributed by atoms with van der Waals surface area (Å²) in [6.45, 7) is 7.74. The molecule has 136 valence electrons. The SMILES string of the molecule is CC(=O)[O-].CCCCCCCCCCCCC(C)N1C=NCC1.[Na+].[Na+]. The Morgan fingerprint density at radius 3 is 1.88 bits per heavy atom. The largest absolute Gasteiger partial charge is 1.00 e. The summed E-state index contributed by atoms with van der Waals surface area (Å²) in [5.74, 6) is -1.08. The first-order chi connectivity index (χ1) is 11.1. The molecule has 0 aliphatic carbocycles. The summed E-state index contributed by atoms with van der Waals surface area (Å²) in [5.41, 5.74) is 0. The zero-order valence-corrected chi connectivity index (χ0v) is 21.6. The number of nitrogens with zero attached hydrogens (tertiary/aromatic N) is 2. The molecule has 1 atom stereocenters. The second-order valence-corrected chi connectivity index (χ2v) is 6.57. The van der Waals surface area contributed by atoms with Gasteiger partial charge in [0.1, 0.15) is 0 Å². The van der Waals surface area contributed by atoms with Gasteiger partial charge in [0, 0.05) is 18.6 Å². The van der Waals surface area contributed by atoms with Crippen LogP contribution >= 0.6 is 0 Å². The van der Waals surface area contributed by atoms with E-state index in [1.807, 2.05) is 6.34 Å². The molecule has 0 aromatic carbocycles. The van der Waals surface area contributed by atoms with E-state index in [0.717, 1.165) is 20.0 Å². The van der Waals surface area contributed by atoms with E-state index in [9.17, 15) is 0 Å². The van der Waals surface area contributed by atoms with Crippen molar-refractivity contribution in [2.24, 2.45) is 4.99 Å². The van der Waals surface area contributed by atoms with E-state index in [-0.39, 0.29) is 59.1 Å². The van der Waals surface area contributed by atoms with Gasteiger partial charge in [-0.1, -0.05) is 71.1 Å². The maximum atomic E-state index is 8.89. The molecule has 0 aromatic rings. The molecule has 6 heteroatoms. The maximum absolute atomic E-state index is 8.89. The number of aliphatic imine (C=N–C) groups is 1. The molecule has 0 fully saturated rings. The van der Waals surface area contributed by atoms with E-state index in [0.29, 0.717) is 6.04 Å². The minimum absolute atomic E-state index is 0. The van der Waals surface area contributed by atoms with Crippen molar-refractivity contribution in [2.45, 2.75) is 97.4 Å². The van der Waals surface area contributed by atoms with Crippen LogP contribution in [0.3, 0.4) is 0 Å². The molecule has 0 saturated heterocycles. The summed E-state index contributed by atoms with van der Waals surface area (Å²) in [6.07, 6.45) is 17.7. The summed E-state index contributed by atoms with van der Waals surface area (Å²) in [4.78, 5) is 15.6. The van der Waals surface area contributed by atoms with E-state index in [1.165, 1.54) is 70.6 Å². The summed E-state index contributed by atoms with van der Waals surface area (Å²) in [7, 11) is 0. The Kier molecular flexibility index (Phi) is 28.2. The van der Waals surface area contributed by atoms with Gasteiger partial charge >= 0.3 is 59.1 Å². The first-order valence-electron chi connectivity index (χ1n) is 9.51. The third kappa shape index (κ3) is 22.9. The number of aliphatic carboxylic acids is 1. The summed E-state index contributed by atoms with van der Waals surface area (Å²) >= 11 is 0. The average molecular weight is 371 g/mol. The Hall–Kier alpha value is 0.940. The second-order valence-electron chi connectivity index (χ2n) is 6.57. The fourth-order valence-corrected chi connectivity index (χ4v) is 2.82. The fraction of sp³-hybridized carbons (Fsp3) is 0.895. The molecule has 4 nitrogen and oxygen atoms in total. The van der Waals surface area contributed by atoms with Crippen LogP contribution in [0.5, 0.6) is 0 Å². The Morgan fingerprint density at radius 2 is 1.48 bits per heavy atom. The Labute approximate surface area is 200 Å². The molecule has 0 radical (unpaired) electrons. The van der Waals surface area contributed by atoms with Gasteiger partial charge in [-0.25, -0.2) is 0 Å². The normalized spacial score (nSPS) is 13.3. The quantitative estimate of drug-likeness (QED) is 0.289. The van der Waals surface area contributed by atoms with Crippen LogP contribution in [0.4, 0.5) is 0 Å². The van der Waals surface area contributed by atoms with Crippen molar-refractivity contribution < 1.29 is 69.0 Å². The molecule has 0 saturated carbocycles. The standard InChI is InChI=1S/C17H34N2.C2H4O2.2Na/c1-3-4-5-6-7-8-9-10-11-12-13-17(2)19-15-14-18-16-19;1-2(3)4;;/h16-17H,3-15H2,1-2H3;1H3,(H,3,4);;/q;;2*+1/p-1. The van der Waals surface area contributed by atoms with Crippen LogP contribution in [0, 0.1) is 0 Å². The van der Waals surface area contributed by atoms with Gasteiger partial charge in [-0.05, 0) is 20.3 Å². The molecule has 1 unspecified atom stereocenters. The number of unbranched alkanes of at least 4 members (excludes halogenated alkanes) is 9. The molecular formula is C19H37N2Na2O2+. The topological polar surface area (TPSA) is 55.7 Å². The molecular weight excluding hydrogens is 334 g/mol. The van der Waals surface area contributed by atoms with Crippen molar-refractivity contribution in [1.29, 1.82) is 0 Å². The molecule has 0 N–H and O–H groups in total. The Balaban J connectivity index is -0.000000728. The van der Waals surface area contributed by atoms with Crippen LogP contribution in [0.1, 0.15) is 91.4 Å². The van der Waals surface area contributed by atoms with Crippen molar-refractivity contribution in [3.8, 4) is 0 Å². The molecule has 1 aliphatic heterocycles. The smallest absolute Gasteiger partial charge is 0.550 e. The molecule has 1 rings (SSSR count). The first kappa shape index (κ1) is 30.7. The third-order valence-electron chi connectivity index (χ3n) is 4.26. The summed E-state index contributed by atoms with van der Waals surface area (Å²) in [5, 5.41) is 8.89. The molecule has 25 heavy (non-hydrogen) atoms. The summed E-state index contributed by atoms with van der Waals surface area (Å²) < 4.78 is 0. The molecule has 0 aromatic heterocycles. The molecule has 0 spiro atoms. The van der Waals surface area contributed by atoms with Gasteiger partial charge in [-0.15, -0.1) is 0 Å². The van der Waals surface area contributed by atoms with Crippen molar-refractivity contribution in [1.82, 2.24) is 4.90 Å². The van der Waals surface area contributed by atoms with Crippen LogP contribution in [-0.2, 0) is 4.79 Å². The predicted molar refractivity (Wildman–Crippen MR) is 96.7 cm³/mol. The van der Waals surface area contributed by atoms with Crippen LogP contribution in [0.15, 0.2) is 4.99 Å². The predicted octanol–water partition coefficient (Wildman–Crippen LogP) is -2.21. The molecule has 0 bridgehead atoms. The molecule has 0 amide bonds. The molecule has 1 heterocycles. The number of hydrogen-bond acceptors (Lipinski definition) is 4. The zero-order chi connectivity index (χ0) is 17.3. The summed E-state index contributed by atoms with van der Waals surface area (Å²) in [6, 6.07) is 0.695. The van der Waals surface area contributed by atoms with E-state index in [4.69, 9.17) is 9.90 Å². The van der Waals surface area contributed by atoms with E-state index in [1.54, 1.807) is 0 Å². The van der Waals surface area contributed by atoms with Crippen LogP contribution in [-0.4, -0.2) is 36.3 Å². The van der Waals surface area contributed by atoms with Crippen LogP contribution in [0.25, 0.3) is 0 Å². The van der Waals surface area contributed by atoms with Crippen LogP contribution in [0.2, 0.25) is 0 Å². The van der Waals surface area contributed by atoms with Crippen molar-refractivity contribution >= 4 is 12.3 Å². The van der Waals surface area contributed by atoms with E-state index < -0.39 is 5.97 Å². The van der Waals surface area contributed by atoms with Crippen molar-refractivity contribution in [3.05, 3.63) is 0 Å². The fourth-order valence-electron chi connectivity index (χ4n) is 2.82. The Bertz CT molecular complexity index is 312. The maximum Gasteiger partial charge on any atom is 1.00 e. The van der Waals surface area contributed by atoms with E-state index >= 15 is 0 Å². The van der Waals surface area contributed by atoms with Crippen LogP contribution < -0.4 is 64.2 Å². The van der Waals surface area contributed by atoms with Gasteiger partial charge in [-0.2, -0.15) is 0 Å². The monoisotopic (exact) mass is 371 g/mol. The molecule has 1 aliphatic rings. The van der Waals surface area contributed by atoms with Gasteiger partial charge in [0.2, 0.25) is 0 Å². The number of carbonyl (C=O) groups is 1. The first-order valence-corrected chi connectivity index (χ1v) is 9.51. The number of carbonyl (C=O) groups excluding carboxylic acids is 1. The Morgan fingerprint density at radius 1 is 1.04 bits per heavy atom. The number of hydrogen-bond donors (Lipinski definition) is 0. The third-order valence-corrected chi connectivity index (χ3v) is 4.26. The minimum atomic E-state index is -1.08. The number of carboxylic acid groups (broad SMARTS) is 1. The van der Waals surface area contributed by atoms with Gasteiger partial charge in [0.05, 0.1) is 12.9 Å². The van der Waals surface area contributed by atoms with Crippen molar-refractivity contribution in [2.75, 3.05) is 13.1 Å². The minimum Gasteiger partial charge on any atom is -0.550 e. The second kappa shape index (κ2) is 23.0. The van der Waals surface area contributed by atoms with Gasteiger partial charge in [0.25, 0.3) is 0 Å². The zero-order valence-electron chi connectivity index (χ0n) is 17.6. The van der Waals surface area contributed by atoms with E-state index in [2.05, 4.69) is 23.7 Å².